The van der Waals surface area contributed by atoms with Crippen LogP contribution in [0, 0.1) is 11.6 Å². The van der Waals surface area contributed by atoms with Crippen molar-refractivity contribution in [3.8, 4) is 0 Å². The highest BCUT2D eigenvalue weighted by molar-refractivity contribution is 5.77. The lowest BCUT2D eigenvalue weighted by atomic mass is 10.0. The molecule has 0 unspecified atom stereocenters. The first-order chi connectivity index (χ1) is 10.9. The highest BCUT2D eigenvalue weighted by Gasteiger charge is 2.22. The molecule has 3 nitrogen and oxygen atoms in total. The topological polar surface area (TPSA) is 46.3 Å². The summed E-state index contributed by atoms with van der Waals surface area (Å²) in [7, 11) is 1.56. The molecule has 5 heteroatoms. The Kier molecular flexibility index (Phi) is 5.45. The van der Waals surface area contributed by atoms with Crippen molar-refractivity contribution in [2.75, 3.05) is 7.05 Å². The number of carbonyl (C=O) groups excluding carboxylic acids is 1. The largest absolute Gasteiger partial charge is 0.339 e. The van der Waals surface area contributed by atoms with E-state index in [4.69, 9.17) is 5.73 Å². The van der Waals surface area contributed by atoms with Gasteiger partial charge in [0.15, 0.2) is 0 Å². The molecule has 0 saturated heterocycles. The van der Waals surface area contributed by atoms with Crippen molar-refractivity contribution in [3.63, 3.8) is 0 Å². The maximum Gasteiger partial charge on any atom is 0.224 e. The molecule has 0 bridgehead atoms. The van der Waals surface area contributed by atoms with E-state index in [-0.39, 0.29) is 17.9 Å². The molecule has 0 radical (unpaired) electrons. The van der Waals surface area contributed by atoms with Crippen molar-refractivity contribution in [2.24, 2.45) is 5.73 Å². The Morgan fingerprint density at radius 2 is 1.83 bits per heavy atom. The monoisotopic (exact) mass is 318 g/mol. The predicted octanol–water partition coefficient (Wildman–Crippen LogP) is 3.57. The molecule has 2 aromatic rings. The van der Waals surface area contributed by atoms with Gasteiger partial charge in [0.1, 0.15) is 11.6 Å². The Balaban J connectivity index is 2.08. The third kappa shape index (κ3) is 4.13. The van der Waals surface area contributed by atoms with Crippen molar-refractivity contribution in [2.45, 2.75) is 25.4 Å². The minimum absolute atomic E-state index is 0.0990. The van der Waals surface area contributed by atoms with Gasteiger partial charge in [-0.15, -0.1) is 0 Å². The fourth-order valence-electron chi connectivity index (χ4n) is 2.41. The van der Waals surface area contributed by atoms with Crippen molar-refractivity contribution in [3.05, 3.63) is 71.3 Å². The van der Waals surface area contributed by atoms with Crippen LogP contribution in [0.3, 0.4) is 0 Å². The zero-order chi connectivity index (χ0) is 17.0. The van der Waals surface area contributed by atoms with E-state index in [0.717, 1.165) is 23.8 Å². The summed E-state index contributed by atoms with van der Waals surface area (Å²) in [5.74, 6) is -1.29. The Hall–Kier alpha value is -2.27. The molecule has 2 aromatic carbocycles. The van der Waals surface area contributed by atoms with E-state index in [0.29, 0.717) is 0 Å². The molecule has 2 rings (SSSR count). The Labute approximate surface area is 134 Å². The molecule has 23 heavy (non-hydrogen) atoms. The SMILES string of the molecule is C[C@@H](c1cc(F)ccc1F)N(C)C(=O)C[C@H](N)c1ccccc1. The molecule has 0 aliphatic heterocycles. The second-order valence-corrected chi connectivity index (χ2v) is 5.57. The van der Waals surface area contributed by atoms with Gasteiger partial charge in [-0.3, -0.25) is 4.79 Å². The first kappa shape index (κ1) is 17.1. The standard InChI is InChI=1S/C18H20F2N2O/c1-12(15-10-14(19)8-9-16(15)20)22(2)18(23)11-17(21)13-6-4-3-5-7-13/h3-10,12,17H,11,21H2,1-2H3/t12-,17-/m0/s1. The maximum absolute atomic E-state index is 13.8. The van der Waals surface area contributed by atoms with Crippen molar-refractivity contribution < 1.29 is 13.6 Å². The molecule has 0 saturated carbocycles. The summed E-state index contributed by atoms with van der Waals surface area (Å²) in [5.41, 5.74) is 7.05. The molecular formula is C18H20F2N2O. The van der Waals surface area contributed by atoms with E-state index < -0.39 is 23.7 Å². The Morgan fingerprint density at radius 1 is 1.17 bits per heavy atom. The molecule has 0 aliphatic carbocycles. The molecule has 0 spiro atoms. The number of rotatable bonds is 5. The van der Waals surface area contributed by atoms with Gasteiger partial charge in [-0.25, -0.2) is 8.78 Å². The second-order valence-electron chi connectivity index (χ2n) is 5.57. The van der Waals surface area contributed by atoms with Crippen LogP contribution in [0.15, 0.2) is 48.5 Å². The predicted molar refractivity (Wildman–Crippen MR) is 85.5 cm³/mol. The number of benzene rings is 2. The molecule has 2 N–H and O–H groups in total. The van der Waals surface area contributed by atoms with Crippen LogP contribution in [0.25, 0.3) is 0 Å². The average Bonchev–Trinajstić information content (AvgIpc) is 2.56. The number of carbonyl (C=O) groups is 1. The lowest BCUT2D eigenvalue weighted by Gasteiger charge is -2.27. The van der Waals surface area contributed by atoms with Gasteiger partial charge in [0.25, 0.3) is 0 Å². The first-order valence-electron chi connectivity index (χ1n) is 7.41. The van der Waals surface area contributed by atoms with E-state index in [1.807, 2.05) is 30.3 Å². The summed E-state index contributed by atoms with van der Waals surface area (Å²) >= 11 is 0. The van der Waals surface area contributed by atoms with Gasteiger partial charge in [0.2, 0.25) is 5.91 Å². The molecule has 0 aromatic heterocycles. The normalized spacial score (nSPS) is 13.4. The highest BCUT2D eigenvalue weighted by atomic mass is 19.1. The number of nitrogens with two attached hydrogens (primary N) is 1. The summed E-state index contributed by atoms with van der Waals surface area (Å²) < 4.78 is 27.2. The van der Waals surface area contributed by atoms with Crippen LogP contribution in [-0.2, 0) is 4.79 Å². The quantitative estimate of drug-likeness (QED) is 0.916. The molecular weight excluding hydrogens is 298 g/mol. The summed E-state index contributed by atoms with van der Waals surface area (Å²) in [5, 5.41) is 0. The summed E-state index contributed by atoms with van der Waals surface area (Å²) in [4.78, 5) is 13.8. The third-order valence-corrected chi connectivity index (χ3v) is 4.00. The summed E-state index contributed by atoms with van der Waals surface area (Å²) in [6.07, 6.45) is 0.0990. The van der Waals surface area contributed by atoms with E-state index in [1.54, 1.807) is 14.0 Å². The van der Waals surface area contributed by atoms with E-state index in [1.165, 1.54) is 4.90 Å². The number of amides is 1. The summed E-state index contributed by atoms with van der Waals surface area (Å²) in [6.45, 7) is 1.66. The van der Waals surface area contributed by atoms with Gasteiger partial charge in [0.05, 0.1) is 6.04 Å². The van der Waals surface area contributed by atoms with Crippen LogP contribution < -0.4 is 5.73 Å². The van der Waals surface area contributed by atoms with E-state index in [9.17, 15) is 13.6 Å². The van der Waals surface area contributed by atoms with Crippen molar-refractivity contribution in [1.29, 1.82) is 0 Å². The molecule has 0 fully saturated rings. The van der Waals surface area contributed by atoms with Crippen LogP contribution in [0.4, 0.5) is 8.78 Å². The average molecular weight is 318 g/mol. The number of hydrogen-bond donors (Lipinski definition) is 1. The minimum atomic E-state index is -0.582. The van der Waals surface area contributed by atoms with Gasteiger partial charge >= 0.3 is 0 Å². The fraction of sp³-hybridized carbons (Fsp3) is 0.278. The molecule has 0 heterocycles. The van der Waals surface area contributed by atoms with Crippen LogP contribution in [-0.4, -0.2) is 17.9 Å². The number of hydrogen-bond acceptors (Lipinski definition) is 2. The van der Waals surface area contributed by atoms with Gasteiger partial charge in [0, 0.05) is 25.1 Å². The fourth-order valence-corrected chi connectivity index (χ4v) is 2.41. The zero-order valence-electron chi connectivity index (χ0n) is 13.2. The lowest BCUT2D eigenvalue weighted by molar-refractivity contribution is -0.132. The molecule has 2 atom stereocenters. The van der Waals surface area contributed by atoms with Gasteiger partial charge in [-0.1, -0.05) is 30.3 Å². The Bertz CT molecular complexity index is 676. The van der Waals surface area contributed by atoms with Gasteiger partial charge in [-0.05, 0) is 30.7 Å². The van der Waals surface area contributed by atoms with Crippen LogP contribution in [0.2, 0.25) is 0 Å². The minimum Gasteiger partial charge on any atom is -0.339 e. The van der Waals surface area contributed by atoms with E-state index in [2.05, 4.69) is 0 Å². The smallest absolute Gasteiger partial charge is 0.224 e. The zero-order valence-corrected chi connectivity index (χ0v) is 13.2. The third-order valence-electron chi connectivity index (χ3n) is 4.00. The lowest BCUT2D eigenvalue weighted by Crippen LogP contribution is -2.32. The van der Waals surface area contributed by atoms with Crippen molar-refractivity contribution >= 4 is 5.91 Å². The van der Waals surface area contributed by atoms with Gasteiger partial charge < -0.3 is 10.6 Å². The van der Waals surface area contributed by atoms with E-state index >= 15 is 0 Å². The van der Waals surface area contributed by atoms with Gasteiger partial charge in [-0.2, -0.15) is 0 Å². The highest BCUT2D eigenvalue weighted by Crippen LogP contribution is 2.24. The maximum atomic E-state index is 13.8. The molecule has 122 valence electrons. The summed E-state index contributed by atoms with van der Waals surface area (Å²) in [6, 6.07) is 11.5. The number of nitrogens with zero attached hydrogens (tertiary/aromatic N) is 1. The molecule has 0 aliphatic rings. The number of halogens is 2. The second kappa shape index (κ2) is 7.33. The van der Waals surface area contributed by atoms with Crippen LogP contribution in [0.1, 0.15) is 36.6 Å². The van der Waals surface area contributed by atoms with Crippen LogP contribution >= 0.6 is 0 Å². The van der Waals surface area contributed by atoms with Crippen molar-refractivity contribution in [1.82, 2.24) is 4.90 Å². The Morgan fingerprint density at radius 3 is 2.48 bits per heavy atom. The van der Waals surface area contributed by atoms with Crippen LogP contribution in [0.5, 0.6) is 0 Å². The molecule has 1 amide bonds. The first-order valence-corrected chi connectivity index (χ1v) is 7.41.